The molecular weight excluding hydrogens is 394 g/mol. The number of hydrogen-bond acceptors (Lipinski definition) is 2. The van der Waals surface area contributed by atoms with Gasteiger partial charge < -0.3 is 5.32 Å². The zero-order valence-corrected chi connectivity index (χ0v) is 17.6. The number of rotatable bonds is 7. The van der Waals surface area contributed by atoms with Gasteiger partial charge in [0.15, 0.2) is 0 Å². The SMILES string of the molecule is C[C@@H](C(=O)NCCCc1ccccc1)n1nc(-c2ccccc2)c2cc(Cl)ccc21. The van der Waals surface area contributed by atoms with Crippen LogP contribution in [0.3, 0.4) is 0 Å². The first-order valence-electron chi connectivity index (χ1n) is 10.2. The van der Waals surface area contributed by atoms with Crippen molar-refractivity contribution in [1.82, 2.24) is 15.1 Å². The van der Waals surface area contributed by atoms with Crippen molar-refractivity contribution >= 4 is 28.4 Å². The molecule has 1 heterocycles. The molecule has 30 heavy (non-hydrogen) atoms. The summed E-state index contributed by atoms with van der Waals surface area (Å²) in [6.45, 7) is 2.51. The number of aryl methyl sites for hydroxylation is 1. The zero-order valence-electron chi connectivity index (χ0n) is 16.9. The molecule has 0 spiro atoms. The van der Waals surface area contributed by atoms with E-state index in [4.69, 9.17) is 16.7 Å². The second-order valence-electron chi connectivity index (χ2n) is 7.38. The number of aromatic nitrogens is 2. The van der Waals surface area contributed by atoms with Gasteiger partial charge in [-0.1, -0.05) is 72.3 Å². The molecule has 1 N–H and O–H groups in total. The van der Waals surface area contributed by atoms with E-state index in [1.165, 1.54) is 5.56 Å². The predicted octanol–water partition coefficient (Wildman–Crippen LogP) is 5.67. The Balaban J connectivity index is 1.51. The van der Waals surface area contributed by atoms with E-state index in [1.54, 1.807) is 4.68 Å². The third-order valence-electron chi connectivity index (χ3n) is 5.25. The molecule has 1 aromatic heterocycles. The fourth-order valence-corrected chi connectivity index (χ4v) is 3.80. The van der Waals surface area contributed by atoms with E-state index in [9.17, 15) is 4.79 Å². The standard InChI is InChI=1S/C25H24ClN3O/c1-18(25(30)27-16-8-11-19-9-4-2-5-10-19)29-23-15-14-21(26)17-22(23)24(28-29)20-12-6-3-7-13-20/h2-7,9-10,12-15,17-18H,8,11,16H2,1H3,(H,27,30)/t18-/m0/s1. The first-order chi connectivity index (χ1) is 14.6. The van der Waals surface area contributed by atoms with Crippen molar-refractivity contribution in [2.45, 2.75) is 25.8 Å². The maximum Gasteiger partial charge on any atom is 0.244 e. The lowest BCUT2D eigenvalue weighted by molar-refractivity contribution is -0.124. The topological polar surface area (TPSA) is 46.9 Å². The van der Waals surface area contributed by atoms with E-state index >= 15 is 0 Å². The van der Waals surface area contributed by atoms with Gasteiger partial charge in [0.05, 0.1) is 5.52 Å². The minimum atomic E-state index is -0.428. The highest BCUT2D eigenvalue weighted by atomic mass is 35.5. The van der Waals surface area contributed by atoms with Gasteiger partial charge in [-0.25, -0.2) is 0 Å². The number of benzene rings is 3. The van der Waals surface area contributed by atoms with Gasteiger partial charge >= 0.3 is 0 Å². The molecule has 0 aliphatic heterocycles. The number of nitrogens with one attached hydrogen (secondary N) is 1. The monoisotopic (exact) mass is 417 g/mol. The van der Waals surface area contributed by atoms with Crippen LogP contribution in [-0.4, -0.2) is 22.2 Å². The Morgan fingerprint density at radius 3 is 2.47 bits per heavy atom. The maximum atomic E-state index is 12.8. The molecule has 0 saturated carbocycles. The summed E-state index contributed by atoms with van der Waals surface area (Å²) in [6, 6.07) is 25.5. The minimum absolute atomic E-state index is 0.0398. The molecule has 1 atom stereocenters. The summed E-state index contributed by atoms with van der Waals surface area (Å²) in [5, 5.41) is 9.44. The average Bonchev–Trinajstić information content (AvgIpc) is 3.16. The second kappa shape index (κ2) is 9.14. The van der Waals surface area contributed by atoms with Crippen LogP contribution < -0.4 is 5.32 Å². The molecule has 4 aromatic rings. The molecule has 0 aliphatic carbocycles. The smallest absolute Gasteiger partial charge is 0.244 e. The number of amides is 1. The quantitative estimate of drug-likeness (QED) is 0.394. The van der Waals surface area contributed by atoms with Gasteiger partial charge in [0.2, 0.25) is 5.91 Å². The Hall–Kier alpha value is -3.11. The number of halogens is 1. The summed E-state index contributed by atoms with van der Waals surface area (Å²) < 4.78 is 1.79. The van der Waals surface area contributed by atoms with E-state index in [-0.39, 0.29) is 5.91 Å². The summed E-state index contributed by atoms with van der Waals surface area (Å²) in [5.41, 5.74) is 4.00. The molecule has 1 amide bonds. The molecule has 4 rings (SSSR count). The van der Waals surface area contributed by atoms with Gasteiger partial charge in [0.25, 0.3) is 0 Å². The van der Waals surface area contributed by atoms with Crippen molar-refractivity contribution in [3.8, 4) is 11.3 Å². The van der Waals surface area contributed by atoms with Crippen LogP contribution in [0.5, 0.6) is 0 Å². The molecule has 4 nitrogen and oxygen atoms in total. The van der Waals surface area contributed by atoms with E-state index in [2.05, 4.69) is 17.4 Å². The summed E-state index contributed by atoms with van der Waals surface area (Å²) in [5.74, 6) is -0.0398. The molecule has 152 valence electrons. The highest BCUT2D eigenvalue weighted by Crippen LogP contribution is 2.31. The molecule has 0 unspecified atom stereocenters. The van der Waals surface area contributed by atoms with Gasteiger partial charge in [0, 0.05) is 22.5 Å². The van der Waals surface area contributed by atoms with Crippen LogP contribution in [0.25, 0.3) is 22.2 Å². The number of hydrogen-bond donors (Lipinski definition) is 1. The van der Waals surface area contributed by atoms with Crippen LogP contribution in [0, 0.1) is 0 Å². The summed E-state index contributed by atoms with van der Waals surface area (Å²) in [6.07, 6.45) is 1.84. The highest BCUT2D eigenvalue weighted by Gasteiger charge is 2.21. The molecule has 0 fully saturated rings. The Morgan fingerprint density at radius 2 is 1.73 bits per heavy atom. The lowest BCUT2D eigenvalue weighted by Gasteiger charge is -2.14. The molecular formula is C25H24ClN3O. The minimum Gasteiger partial charge on any atom is -0.354 e. The summed E-state index contributed by atoms with van der Waals surface area (Å²) in [4.78, 5) is 12.8. The summed E-state index contributed by atoms with van der Waals surface area (Å²) >= 11 is 6.25. The Kier molecular flexibility index (Phi) is 6.15. The third kappa shape index (κ3) is 4.39. The fraction of sp³-hybridized carbons (Fsp3) is 0.200. The number of carbonyl (C=O) groups is 1. The highest BCUT2D eigenvalue weighted by molar-refractivity contribution is 6.31. The van der Waals surface area contributed by atoms with Crippen LogP contribution in [0.2, 0.25) is 5.02 Å². The van der Waals surface area contributed by atoms with Crippen LogP contribution in [0.1, 0.15) is 24.9 Å². The largest absolute Gasteiger partial charge is 0.354 e. The van der Waals surface area contributed by atoms with Gasteiger partial charge in [-0.2, -0.15) is 5.10 Å². The van der Waals surface area contributed by atoms with Crippen molar-refractivity contribution in [1.29, 1.82) is 0 Å². The first-order valence-corrected chi connectivity index (χ1v) is 10.6. The average molecular weight is 418 g/mol. The van der Waals surface area contributed by atoms with Gasteiger partial charge in [-0.15, -0.1) is 0 Å². The van der Waals surface area contributed by atoms with Crippen LogP contribution in [0.4, 0.5) is 0 Å². The Morgan fingerprint density at radius 1 is 1.03 bits per heavy atom. The van der Waals surface area contributed by atoms with Crippen molar-refractivity contribution in [2.24, 2.45) is 0 Å². The Labute approximate surface area is 181 Å². The van der Waals surface area contributed by atoms with Crippen LogP contribution >= 0.6 is 11.6 Å². The van der Waals surface area contributed by atoms with Crippen LogP contribution in [-0.2, 0) is 11.2 Å². The van der Waals surface area contributed by atoms with Gasteiger partial charge in [0.1, 0.15) is 11.7 Å². The maximum absolute atomic E-state index is 12.8. The van der Waals surface area contributed by atoms with Crippen LogP contribution in [0.15, 0.2) is 78.9 Å². The van der Waals surface area contributed by atoms with Gasteiger partial charge in [-0.3, -0.25) is 9.48 Å². The molecule has 5 heteroatoms. The molecule has 0 saturated heterocycles. The van der Waals surface area contributed by atoms with Crippen molar-refractivity contribution in [3.63, 3.8) is 0 Å². The zero-order chi connectivity index (χ0) is 20.9. The van der Waals surface area contributed by atoms with E-state index in [0.29, 0.717) is 11.6 Å². The molecule has 0 aliphatic rings. The number of nitrogens with zero attached hydrogens (tertiary/aromatic N) is 2. The van der Waals surface area contributed by atoms with E-state index in [0.717, 1.165) is 35.0 Å². The second-order valence-corrected chi connectivity index (χ2v) is 7.81. The number of carbonyl (C=O) groups excluding carboxylic acids is 1. The Bertz CT molecular complexity index is 1140. The van der Waals surface area contributed by atoms with Crippen molar-refractivity contribution < 1.29 is 4.79 Å². The van der Waals surface area contributed by atoms with E-state index < -0.39 is 6.04 Å². The van der Waals surface area contributed by atoms with E-state index in [1.807, 2.05) is 73.7 Å². The summed E-state index contributed by atoms with van der Waals surface area (Å²) in [7, 11) is 0. The van der Waals surface area contributed by atoms with Gasteiger partial charge in [-0.05, 0) is 43.5 Å². The third-order valence-corrected chi connectivity index (χ3v) is 5.48. The first kappa shape index (κ1) is 20.2. The lowest BCUT2D eigenvalue weighted by Crippen LogP contribution is -2.32. The number of fused-ring (bicyclic) bond motifs is 1. The fourth-order valence-electron chi connectivity index (χ4n) is 3.63. The predicted molar refractivity (Wildman–Crippen MR) is 123 cm³/mol. The van der Waals surface area contributed by atoms with Crippen molar-refractivity contribution in [3.05, 3.63) is 89.4 Å². The molecule has 0 bridgehead atoms. The molecule has 3 aromatic carbocycles. The lowest BCUT2D eigenvalue weighted by atomic mass is 10.1. The normalized spacial score (nSPS) is 12.1. The van der Waals surface area contributed by atoms with Crippen molar-refractivity contribution in [2.75, 3.05) is 6.54 Å². The molecule has 0 radical (unpaired) electrons.